The third-order valence-corrected chi connectivity index (χ3v) is 4.73. The largest absolute Gasteiger partial charge is 0.423 e. The van der Waals surface area contributed by atoms with E-state index in [0.29, 0.717) is 0 Å². The Morgan fingerprint density at radius 2 is 1.86 bits per heavy atom. The van der Waals surface area contributed by atoms with Gasteiger partial charge in [-0.2, -0.15) is 0 Å². The van der Waals surface area contributed by atoms with Gasteiger partial charge in [-0.05, 0) is 29.2 Å². The fraction of sp³-hybridized carbons (Fsp3) is 0.0526. The van der Waals surface area contributed by atoms with Crippen molar-refractivity contribution in [2.75, 3.05) is 0 Å². The molecule has 0 unspecified atom stereocenters. The van der Waals surface area contributed by atoms with Gasteiger partial charge in [-0.3, -0.25) is 9.59 Å². The average molecular weight is 399 g/mol. The van der Waals surface area contributed by atoms with E-state index in [1.54, 1.807) is 12.1 Å². The van der Waals surface area contributed by atoms with Crippen molar-refractivity contribution >= 4 is 28.9 Å². The molecule has 4 aromatic rings. The monoisotopic (exact) mass is 399 g/mol. The van der Waals surface area contributed by atoms with Crippen molar-refractivity contribution in [3.05, 3.63) is 75.4 Å². The van der Waals surface area contributed by atoms with Gasteiger partial charge in [0.2, 0.25) is 5.43 Å². The van der Waals surface area contributed by atoms with Crippen molar-refractivity contribution in [2.45, 2.75) is 6.54 Å². The lowest BCUT2D eigenvalue weighted by Crippen LogP contribution is -2.16. The van der Waals surface area contributed by atoms with Crippen LogP contribution in [0.25, 0.3) is 22.2 Å². The summed E-state index contributed by atoms with van der Waals surface area (Å²) in [5, 5.41) is 5.33. The van der Waals surface area contributed by atoms with E-state index in [0.717, 1.165) is 29.0 Å². The Bertz CT molecular complexity index is 1220. The van der Waals surface area contributed by atoms with Crippen LogP contribution in [0, 0.1) is 11.6 Å². The first kappa shape index (κ1) is 17.9. The van der Waals surface area contributed by atoms with Gasteiger partial charge in [0.25, 0.3) is 6.47 Å². The Morgan fingerprint density at radius 1 is 1.11 bits per heavy atom. The number of halogens is 2. The van der Waals surface area contributed by atoms with Crippen LogP contribution in [-0.2, 0) is 11.3 Å². The van der Waals surface area contributed by atoms with E-state index in [1.165, 1.54) is 22.3 Å². The van der Waals surface area contributed by atoms with Gasteiger partial charge >= 0.3 is 0 Å². The van der Waals surface area contributed by atoms with Crippen LogP contribution in [-0.4, -0.2) is 20.6 Å². The molecule has 9 heteroatoms. The molecule has 2 aromatic heterocycles. The summed E-state index contributed by atoms with van der Waals surface area (Å²) in [6.07, 6.45) is 1.19. The Kier molecular flexibility index (Phi) is 4.66. The van der Waals surface area contributed by atoms with Crippen LogP contribution in [0.15, 0.2) is 52.8 Å². The van der Waals surface area contributed by atoms with Crippen LogP contribution < -0.4 is 10.2 Å². The number of pyridine rings is 1. The minimum Gasteiger partial charge on any atom is -0.423 e. The van der Waals surface area contributed by atoms with Crippen molar-refractivity contribution < 1.29 is 18.3 Å². The highest BCUT2D eigenvalue weighted by Gasteiger charge is 2.18. The fourth-order valence-corrected chi connectivity index (χ4v) is 3.42. The molecular formula is C19H11F2N3O3S. The Labute approximate surface area is 160 Å². The average Bonchev–Trinajstić information content (AvgIpc) is 3.23. The van der Waals surface area contributed by atoms with Crippen molar-refractivity contribution in [2.24, 2.45) is 0 Å². The van der Waals surface area contributed by atoms with Crippen molar-refractivity contribution in [3.63, 3.8) is 0 Å². The lowest BCUT2D eigenvalue weighted by atomic mass is 10.1. The van der Waals surface area contributed by atoms with Gasteiger partial charge in [0.05, 0.1) is 17.1 Å². The molecule has 0 aliphatic carbocycles. The molecule has 140 valence electrons. The van der Waals surface area contributed by atoms with Crippen LogP contribution >= 0.6 is 11.5 Å². The van der Waals surface area contributed by atoms with E-state index in [1.807, 2.05) is 17.5 Å². The highest BCUT2D eigenvalue weighted by molar-refractivity contribution is 7.03. The van der Waals surface area contributed by atoms with Gasteiger partial charge in [-0.25, -0.2) is 8.78 Å². The molecule has 0 aliphatic rings. The number of carbonyl (C=O) groups excluding carboxylic acids is 1. The van der Waals surface area contributed by atoms with Crippen LogP contribution in [0.1, 0.15) is 5.56 Å². The van der Waals surface area contributed by atoms with Crippen molar-refractivity contribution in [3.8, 4) is 17.0 Å². The van der Waals surface area contributed by atoms with E-state index >= 15 is 0 Å². The summed E-state index contributed by atoms with van der Waals surface area (Å²) in [5.41, 5.74) is 1.28. The zero-order valence-electron chi connectivity index (χ0n) is 14.1. The number of benzene rings is 2. The molecule has 0 aliphatic heterocycles. The summed E-state index contributed by atoms with van der Waals surface area (Å²) in [6.45, 7) is 0.197. The highest BCUT2D eigenvalue weighted by atomic mass is 32.1. The number of hydrogen-bond donors (Lipinski definition) is 0. The Morgan fingerprint density at radius 3 is 2.54 bits per heavy atom. The minimum atomic E-state index is -0.891. The van der Waals surface area contributed by atoms with E-state index in [2.05, 4.69) is 14.3 Å². The van der Waals surface area contributed by atoms with Crippen LogP contribution in [0.4, 0.5) is 8.78 Å². The molecule has 0 bridgehead atoms. The molecule has 28 heavy (non-hydrogen) atoms. The predicted molar refractivity (Wildman–Crippen MR) is 99.3 cm³/mol. The van der Waals surface area contributed by atoms with E-state index in [4.69, 9.17) is 0 Å². The summed E-state index contributed by atoms with van der Waals surface area (Å²) in [5.74, 6) is -2.02. The molecular weight excluding hydrogens is 388 g/mol. The molecule has 0 saturated carbocycles. The zero-order chi connectivity index (χ0) is 19.7. The summed E-state index contributed by atoms with van der Waals surface area (Å²) in [4.78, 5) is 23.0. The van der Waals surface area contributed by atoms with Crippen LogP contribution in [0.5, 0.6) is 5.75 Å². The quantitative estimate of drug-likeness (QED) is 0.481. The molecule has 0 atom stereocenters. The summed E-state index contributed by atoms with van der Waals surface area (Å²) in [6, 6.07) is 9.08. The van der Waals surface area contributed by atoms with Crippen molar-refractivity contribution in [1.29, 1.82) is 0 Å². The first-order valence-electron chi connectivity index (χ1n) is 8.06. The second-order valence-corrected chi connectivity index (χ2v) is 6.51. The molecule has 0 spiro atoms. The summed E-state index contributed by atoms with van der Waals surface area (Å²) < 4.78 is 38.5. The van der Waals surface area contributed by atoms with Gasteiger partial charge < -0.3 is 9.30 Å². The molecule has 0 amide bonds. The molecule has 2 heterocycles. The highest BCUT2D eigenvalue weighted by Crippen LogP contribution is 2.24. The molecule has 0 fully saturated rings. The first-order valence-corrected chi connectivity index (χ1v) is 8.90. The predicted octanol–water partition coefficient (Wildman–Crippen LogP) is 3.38. The molecule has 0 N–H and O–H groups in total. The topological polar surface area (TPSA) is 74.1 Å². The number of ether oxygens (including phenoxy) is 1. The van der Waals surface area contributed by atoms with Crippen LogP contribution in [0.2, 0.25) is 0 Å². The number of aromatic nitrogens is 3. The number of carbonyl (C=O) groups is 1. The Balaban J connectivity index is 1.82. The lowest BCUT2D eigenvalue weighted by molar-refractivity contribution is -0.120. The maximum absolute atomic E-state index is 14.4. The molecule has 2 aromatic carbocycles. The van der Waals surface area contributed by atoms with Gasteiger partial charge in [-0.15, -0.1) is 5.10 Å². The van der Waals surface area contributed by atoms with Crippen LogP contribution in [0.3, 0.4) is 0 Å². The Hall–Kier alpha value is -3.46. The second-order valence-electron chi connectivity index (χ2n) is 5.90. The normalized spacial score (nSPS) is 10.9. The summed E-state index contributed by atoms with van der Waals surface area (Å²) in [7, 11) is 0. The lowest BCUT2D eigenvalue weighted by Gasteiger charge is -2.14. The standard InChI is InChI=1S/C19H11F2N3O3S/c20-13-5-6-14(21)18-17(13)19(26)16(27-10-25)8-24(18)7-11-1-3-12(4-2-11)15-9-28-23-22-15/h1-6,8-10H,7H2. The second kappa shape index (κ2) is 7.28. The molecule has 4 rings (SSSR count). The maximum Gasteiger partial charge on any atom is 0.298 e. The number of rotatable bonds is 5. The number of fused-ring (bicyclic) bond motifs is 1. The third-order valence-electron chi connectivity index (χ3n) is 4.23. The SMILES string of the molecule is O=COc1cn(Cc2ccc(-c3csnn3)cc2)c2c(F)ccc(F)c2c1=O. The molecule has 6 nitrogen and oxygen atoms in total. The smallest absolute Gasteiger partial charge is 0.298 e. The molecule has 0 saturated heterocycles. The fourth-order valence-electron chi connectivity index (χ4n) is 2.95. The third kappa shape index (κ3) is 3.16. The van der Waals surface area contributed by atoms with E-state index < -0.39 is 22.4 Å². The van der Waals surface area contributed by atoms with Gasteiger partial charge in [0, 0.05) is 17.5 Å². The van der Waals surface area contributed by atoms with Gasteiger partial charge in [0.1, 0.15) is 17.3 Å². The minimum absolute atomic E-state index is 0.0702. The zero-order valence-corrected chi connectivity index (χ0v) is 15.0. The van der Waals surface area contributed by atoms with Crippen molar-refractivity contribution in [1.82, 2.24) is 14.2 Å². The van der Waals surface area contributed by atoms with Gasteiger partial charge in [0.15, 0.2) is 5.75 Å². The van der Waals surface area contributed by atoms with E-state index in [9.17, 15) is 18.4 Å². The van der Waals surface area contributed by atoms with Gasteiger partial charge in [-0.1, -0.05) is 28.8 Å². The molecule has 0 radical (unpaired) electrons. The maximum atomic E-state index is 14.4. The first-order chi connectivity index (χ1) is 13.6. The number of hydrogen-bond acceptors (Lipinski definition) is 6. The number of nitrogens with zero attached hydrogens (tertiary/aromatic N) is 3. The summed E-state index contributed by atoms with van der Waals surface area (Å²) >= 11 is 1.24. The van der Waals surface area contributed by atoms with E-state index in [-0.39, 0.29) is 24.3 Å².